The number of hydrogen-bond acceptors (Lipinski definition) is 6. The summed E-state index contributed by atoms with van der Waals surface area (Å²) in [5.74, 6) is -0.979. The molecule has 0 N–H and O–H groups in total. The van der Waals surface area contributed by atoms with Gasteiger partial charge in [-0.1, -0.05) is 261 Å². The van der Waals surface area contributed by atoms with Crippen LogP contribution in [0.3, 0.4) is 0 Å². The van der Waals surface area contributed by atoms with Gasteiger partial charge >= 0.3 is 17.9 Å². The number of allylic oxidation sites excluding steroid dienone is 12. The van der Waals surface area contributed by atoms with E-state index in [4.69, 9.17) is 14.2 Å². The summed E-state index contributed by atoms with van der Waals surface area (Å²) in [5, 5.41) is 0. The maximum Gasteiger partial charge on any atom is 0.306 e. The van der Waals surface area contributed by atoms with Crippen LogP contribution in [-0.2, 0) is 28.6 Å². The van der Waals surface area contributed by atoms with Crippen LogP contribution in [0, 0.1) is 0 Å². The van der Waals surface area contributed by atoms with Crippen LogP contribution in [0.4, 0.5) is 0 Å². The van der Waals surface area contributed by atoms with Crippen LogP contribution in [0.25, 0.3) is 0 Å². The molecule has 0 bridgehead atoms. The van der Waals surface area contributed by atoms with Gasteiger partial charge in [0.05, 0.1) is 0 Å². The molecule has 0 aliphatic heterocycles. The Labute approximate surface area is 402 Å². The molecule has 0 fully saturated rings. The van der Waals surface area contributed by atoms with Crippen molar-refractivity contribution in [3.63, 3.8) is 0 Å². The van der Waals surface area contributed by atoms with Gasteiger partial charge in [0.25, 0.3) is 0 Å². The van der Waals surface area contributed by atoms with Crippen molar-refractivity contribution in [2.45, 2.75) is 271 Å². The highest BCUT2D eigenvalue weighted by Gasteiger charge is 2.19. The van der Waals surface area contributed by atoms with Crippen LogP contribution in [0.1, 0.15) is 265 Å². The van der Waals surface area contributed by atoms with Crippen molar-refractivity contribution in [3.8, 4) is 0 Å². The van der Waals surface area contributed by atoms with E-state index in [2.05, 4.69) is 87.6 Å². The molecular weight excluding hydrogens is 805 g/mol. The van der Waals surface area contributed by atoms with E-state index in [0.29, 0.717) is 19.3 Å². The first-order chi connectivity index (χ1) is 32.0. The molecule has 6 nitrogen and oxygen atoms in total. The molecule has 0 spiro atoms. The van der Waals surface area contributed by atoms with E-state index in [1.807, 2.05) is 6.08 Å². The van der Waals surface area contributed by atoms with Gasteiger partial charge in [-0.05, 0) is 57.8 Å². The van der Waals surface area contributed by atoms with E-state index in [9.17, 15) is 14.4 Å². The molecule has 0 rings (SSSR count). The fourth-order valence-corrected chi connectivity index (χ4v) is 7.65. The lowest BCUT2D eigenvalue weighted by Crippen LogP contribution is -2.30. The molecule has 0 amide bonds. The molecule has 6 heteroatoms. The van der Waals surface area contributed by atoms with Crippen LogP contribution in [0.15, 0.2) is 72.9 Å². The first-order valence-corrected chi connectivity index (χ1v) is 27.4. The van der Waals surface area contributed by atoms with E-state index in [0.717, 1.165) is 77.0 Å². The topological polar surface area (TPSA) is 78.9 Å². The smallest absolute Gasteiger partial charge is 0.306 e. The highest BCUT2D eigenvalue weighted by molar-refractivity contribution is 5.71. The van der Waals surface area contributed by atoms with E-state index < -0.39 is 6.10 Å². The minimum absolute atomic E-state index is 0.0956. The largest absolute Gasteiger partial charge is 0.462 e. The lowest BCUT2D eigenvalue weighted by Gasteiger charge is -2.18. The Kier molecular flexibility index (Phi) is 50.9. The Bertz CT molecular complexity index is 1230. The molecule has 1 atom stereocenters. The molecule has 65 heavy (non-hydrogen) atoms. The summed E-state index contributed by atoms with van der Waals surface area (Å²) in [5.41, 5.74) is 0. The van der Waals surface area contributed by atoms with Crippen LogP contribution in [0.2, 0.25) is 0 Å². The van der Waals surface area contributed by atoms with Gasteiger partial charge in [0.1, 0.15) is 13.2 Å². The van der Waals surface area contributed by atoms with Gasteiger partial charge in [0, 0.05) is 19.3 Å². The van der Waals surface area contributed by atoms with Gasteiger partial charge in [-0.15, -0.1) is 0 Å². The van der Waals surface area contributed by atoms with E-state index in [1.165, 1.54) is 141 Å². The summed E-state index contributed by atoms with van der Waals surface area (Å²) in [6.45, 7) is 6.46. The highest BCUT2D eigenvalue weighted by atomic mass is 16.6. The van der Waals surface area contributed by atoms with E-state index in [1.54, 1.807) is 0 Å². The standard InChI is InChI=1S/C59H102O6/c1-4-7-10-13-16-19-21-23-25-27-29-31-33-35-37-40-43-46-49-52-58(61)64-55-56(54-63-57(60)51-48-45-42-39-18-15-12-9-6-3)65-59(62)53-50-47-44-41-38-36-34-32-30-28-26-24-22-20-17-14-11-8-5-2/h7,10,16,19,23,25,29,31,35,37,43,46,56H,4-6,8-9,11-15,17-18,20-22,24,26-28,30,32-34,36,38-42,44-45,47-55H2,1-3H3/b10-7-,19-16-,25-23-,31-29-,37-35-,46-43-. The average molecular weight is 907 g/mol. The van der Waals surface area contributed by atoms with Crippen molar-refractivity contribution in [1.82, 2.24) is 0 Å². The Morgan fingerprint density at radius 1 is 0.323 bits per heavy atom. The fourth-order valence-electron chi connectivity index (χ4n) is 7.65. The zero-order valence-electron chi connectivity index (χ0n) is 42.7. The third-order valence-electron chi connectivity index (χ3n) is 11.7. The van der Waals surface area contributed by atoms with Crippen LogP contribution >= 0.6 is 0 Å². The summed E-state index contributed by atoms with van der Waals surface area (Å²) in [6.07, 6.45) is 67.7. The molecule has 0 aromatic rings. The SMILES string of the molecule is CC/C=C\C/C=C\C/C=C\C/C=C\C/C=C\C/C=C\CCC(=O)OCC(COC(=O)CCCCCCCCCCC)OC(=O)CCCCCCCCCCCCCCCCCCCCC. The van der Waals surface area contributed by atoms with Crippen LogP contribution in [-0.4, -0.2) is 37.2 Å². The minimum atomic E-state index is -0.801. The zero-order valence-corrected chi connectivity index (χ0v) is 42.7. The number of unbranched alkanes of at least 4 members (excludes halogenated alkanes) is 26. The Hall–Kier alpha value is -3.15. The van der Waals surface area contributed by atoms with Gasteiger partial charge in [-0.3, -0.25) is 14.4 Å². The van der Waals surface area contributed by atoms with Crippen molar-refractivity contribution < 1.29 is 28.6 Å². The van der Waals surface area contributed by atoms with Crippen LogP contribution < -0.4 is 0 Å². The number of carbonyl (C=O) groups excluding carboxylic acids is 3. The molecule has 0 saturated heterocycles. The number of carbonyl (C=O) groups is 3. The number of esters is 3. The highest BCUT2D eigenvalue weighted by Crippen LogP contribution is 2.16. The monoisotopic (exact) mass is 907 g/mol. The number of hydrogen-bond donors (Lipinski definition) is 0. The van der Waals surface area contributed by atoms with Crippen molar-refractivity contribution in [2.75, 3.05) is 13.2 Å². The van der Waals surface area contributed by atoms with Gasteiger partial charge in [0.15, 0.2) is 6.10 Å². The van der Waals surface area contributed by atoms with Gasteiger partial charge < -0.3 is 14.2 Å². The van der Waals surface area contributed by atoms with Crippen molar-refractivity contribution in [3.05, 3.63) is 72.9 Å². The predicted octanol–water partition coefficient (Wildman–Crippen LogP) is 18.2. The molecule has 1 unspecified atom stereocenters. The second-order valence-electron chi connectivity index (χ2n) is 18.1. The minimum Gasteiger partial charge on any atom is -0.462 e. The van der Waals surface area contributed by atoms with E-state index >= 15 is 0 Å². The zero-order chi connectivity index (χ0) is 47.2. The molecule has 0 radical (unpaired) electrons. The second kappa shape index (κ2) is 53.5. The third kappa shape index (κ3) is 51.7. The van der Waals surface area contributed by atoms with Crippen molar-refractivity contribution in [1.29, 1.82) is 0 Å². The lowest BCUT2D eigenvalue weighted by atomic mass is 10.0. The van der Waals surface area contributed by atoms with Crippen molar-refractivity contribution in [2.24, 2.45) is 0 Å². The molecule has 0 aromatic heterocycles. The fraction of sp³-hybridized carbons (Fsp3) is 0.746. The number of rotatable bonds is 49. The Balaban J connectivity index is 4.38. The normalized spacial score (nSPS) is 12.6. The summed E-state index contributed by atoms with van der Waals surface area (Å²) >= 11 is 0. The first-order valence-electron chi connectivity index (χ1n) is 27.4. The lowest BCUT2D eigenvalue weighted by molar-refractivity contribution is -0.166. The van der Waals surface area contributed by atoms with Gasteiger partial charge in [-0.25, -0.2) is 0 Å². The molecule has 0 saturated carbocycles. The van der Waals surface area contributed by atoms with Crippen molar-refractivity contribution >= 4 is 17.9 Å². The molecule has 0 aliphatic rings. The number of ether oxygens (including phenoxy) is 3. The molecule has 0 heterocycles. The summed E-state index contributed by atoms with van der Waals surface area (Å²) < 4.78 is 16.7. The van der Waals surface area contributed by atoms with E-state index in [-0.39, 0.29) is 37.5 Å². The Morgan fingerprint density at radius 3 is 0.938 bits per heavy atom. The first kappa shape index (κ1) is 61.9. The average Bonchev–Trinajstić information content (AvgIpc) is 3.30. The summed E-state index contributed by atoms with van der Waals surface area (Å²) in [7, 11) is 0. The molecule has 374 valence electrons. The predicted molar refractivity (Wildman–Crippen MR) is 279 cm³/mol. The molecular formula is C59H102O6. The van der Waals surface area contributed by atoms with Crippen LogP contribution in [0.5, 0.6) is 0 Å². The maximum atomic E-state index is 12.8. The van der Waals surface area contributed by atoms with Gasteiger partial charge in [0.2, 0.25) is 0 Å². The quantitative estimate of drug-likeness (QED) is 0.0262. The third-order valence-corrected chi connectivity index (χ3v) is 11.7. The van der Waals surface area contributed by atoms with Gasteiger partial charge in [-0.2, -0.15) is 0 Å². The molecule has 0 aromatic carbocycles. The molecule has 0 aliphatic carbocycles. The Morgan fingerprint density at radius 2 is 0.600 bits per heavy atom. The second-order valence-corrected chi connectivity index (χ2v) is 18.1. The maximum absolute atomic E-state index is 12.8. The summed E-state index contributed by atoms with van der Waals surface area (Å²) in [6, 6.07) is 0. The summed E-state index contributed by atoms with van der Waals surface area (Å²) in [4.78, 5) is 37.9.